The smallest absolute Gasteiger partial charge is 0.746 e. The molecule has 3 atom stereocenters. The maximum atomic E-state index is 12.4. The first-order chi connectivity index (χ1) is 12.8. The monoisotopic (exact) mass is 416 g/mol. The zero-order chi connectivity index (χ0) is 19.1. The molecule has 5 rings (SSSR count). The molecule has 1 saturated heterocycles. The van der Waals surface area contributed by atoms with Crippen LogP contribution in [0.2, 0.25) is 0 Å². The molecule has 2 aromatic rings. The van der Waals surface area contributed by atoms with Crippen molar-refractivity contribution in [2.75, 3.05) is 7.11 Å². The molecule has 0 radical (unpaired) electrons. The Kier molecular flexibility index (Phi) is 4.64. The summed E-state index contributed by atoms with van der Waals surface area (Å²) in [7, 11) is -3.21. The zero-order valence-electron chi connectivity index (χ0n) is 15.0. The molecule has 3 unspecified atom stereocenters. The molecule has 28 heavy (non-hydrogen) atoms. The zero-order valence-corrected chi connectivity index (χ0v) is 17.8. The predicted molar refractivity (Wildman–Crippen MR) is 88.0 cm³/mol. The van der Waals surface area contributed by atoms with E-state index in [-0.39, 0.29) is 59.3 Å². The number of carbonyl (C=O) groups is 1. The van der Waals surface area contributed by atoms with Crippen LogP contribution in [0.1, 0.15) is 40.2 Å². The molecule has 0 amide bonds. The fourth-order valence-electron chi connectivity index (χ4n) is 4.21. The van der Waals surface area contributed by atoms with Gasteiger partial charge in [0.25, 0.3) is 0 Å². The molecule has 9 nitrogen and oxygen atoms in total. The van der Waals surface area contributed by atoms with Gasteiger partial charge in [-0.2, -0.15) is 0 Å². The number of hydrogen-bond acceptors (Lipinski definition) is 9. The summed E-state index contributed by atoms with van der Waals surface area (Å²) in [6.07, 6.45) is -0.482. The molecule has 0 bridgehead atoms. The Hall–Kier alpha value is -1.43. The number of ketones is 1. The molecule has 0 spiro atoms. The SMILES string of the molecule is COc1cc2c(c3oc(=O)c4c(c13)CCC4=O)C1CC(S(=O)(=O)[O-])OC1O2.[Na+]. The molecule has 1 aromatic heterocycles. The Labute approximate surface area is 181 Å². The quantitative estimate of drug-likeness (QED) is 0.311. The number of hydrogen-bond donors (Lipinski definition) is 0. The summed E-state index contributed by atoms with van der Waals surface area (Å²) in [4.78, 5) is 24.5. The topological polar surface area (TPSA) is 132 Å². The van der Waals surface area contributed by atoms with Crippen LogP contribution < -0.4 is 44.7 Å². The minimum Gasteiger partial charge on any atom is -0.746 e. The maximum Gasteiger partial charge on any atom is 1.00 e. The molecular formula is C17H13NaO9S. The number of benzene rings is 1. The molecule has 3 heterocycles. The second kappa shape index (κ2) is 6.54. The number of carbonyl (C=O) groups excluding carboxylic acids is 1. The first-order valence-corrected chi connectivity index (χ1v) is 9.77. The number of aryl methyl sites for hydroxylation is 1. The van der Waals surface area contributed by atoms with Crippen LogP contribution in [-0.2, 0) is 21.3 Å². The van der Waals surface area contributed by atoms with Gasteiger partial charge in [-0.3, -0.25) is 4.79 Å². The molecule has 0 saturated carbocycles. The van der Waals surface area contributed by atoms with Crippen LogP contribution >= 0.6 is 0 Å². The Balaban J connectivity index is 0.00000192. The number of fused-ring (bicyclic) bond motifs is 7. The molecule has 3 aliphatic rings. The molecule has 1 fully saturated rings. The number of rotatable bonds is 2. The summed E-state index contributed by atoms with van der Waals surface area (Å²) < 4.78 is 55.7. The van der Waals surface area contributed by atoms with Crippen molar-refractivity contribution in [1.82, 2.24) is 0 Å². The van der Waals surface area contributed by atoms with Crippen molar-refractivity contribution in [1.29, 1.82) is 0 Å². The van der Waals surface area contributed by atoms with E-state index < -0.39 is 33.4 Å². The van der Waals surface area contributed by atoms with Crippen LogP contribution in [0.15, 0.2) is 15.3 Å². The minimum atomic E-state index is -4.65. The summed E-state index contributed by atoms with van der Waals surface area (Å²) in [5, 5.41) is 0.495. The summed E-state index contributed by atoms with van der Waals surface area (Å²) in [5.41, 5.74) is -1.05. The van der Waals surface area contributed by atoms with Gasteiger partial charge in [-0.25, -0.2) is 13.2 Å². The maximum absolute atomic E-state index is 12.4. The van der Waals surface area contributed by atoms with Crippen molar-refractivity contribution in [2.45, 2.75) is 36.9 Å². The first kappa shape index (κ1) is 19.9. The second-order valence-corrected chi connectivity index (χ2v) is 8.26. The third kappa shape index (κ3) is 2.66. The molecular weight excluding hydrogens is 403 g/mol. The Morgan fingerprint density at radius 1 is 1.25 bits per heavy atom. The normalized spacial score (nSPS) is 25.1. The number of ether oxygens (including phenoxy) is 3. The standard InChI is InChI=1S/C17H14O9S.Na/c1-23-9-5-10-14(7-4-11(27(20,21)22)25-17(7)24-10)15-13(9)6-2-3-8(18)12(6)16(19)26-15;/h5,7,11,17H,2-4H2,1H3,(H,20,21,22);/q;+1/p-1. The third-order valence-corrected chi connectivity index (χ3v) is 6.29. The van der Waals surface area contributed by atoms with Gasteiger partial charge in [-0.1, -0.05) is 0 Å². The van der Waals surface area contributed by atoms with Crippen LogP contribution in [0.3, 0.4) is 0 Å². The van der Waals surface area contributed by atoms with E-state index >= 15 is 0 Å². The second-order valence-electron chi connectivity index (χ2n) is 6.75. The van der Waals surface area contributed by atoms with E-state index in [4.69, 9.17) is 18.6 Å². The average Bonchev–Trinajstić information content (AvgIpc) is 3.25. The van der Waals surface area contributed by atoms with Crippen molar-refractivity contribution < 1.29 is 66.0 Å². The Morgan fingerprint density at radius 3 is 2.68 bits per heavy atom. The van der Waals surface area contributed by atoms with Gasteiger partial charge >= 0.3 is 35.2 Å². The fourth-order valence-corrected chi connectivity index (χ4v) is 4.90. The summed E-state index contributed by atoms with van der Waals surface area (Å²) in [6, 6.07) is 1.60. The van der Waals surface area contributed by atoms with Crippen molar-refractivity contribution >= 4 is 26.9 Å². The van der Waals surface area contributed by atoms with E-state index in [1.54, 1.807) is 6.07 Å². The van der Waals surface area contributed by atoms with E-state index in [0.717, 1.165) is 0 Å². The van der Waals surface area contributed by atoms with Crippen molar-refractivity contribution in [3.8, 4) is 11.5 Å². The molecule has 2 aliphatic heterocycles. The third-order valence-electron chi connectivity index (χ3n) is 5.35. The minimum absolute atomic E-state index is 0. The molecule has 142 valence electrons. The van der Waals surface area contributed by atoms with Gasteiger partial charge < -0.3 is 23.2 Å². The molecule has 0 N–H and O–H groups in total. The van der Waals surface area contributed by atoms with Crippen molar-refractivity contribution in [3.63, 3.8) is 0 Å². The summed E-state index contributed by atoms with van der Waals surface area (Å²) in [6.45, 7) is 0. The number of methoxy groups -OCH3 is 1. The Bertz CT molecular complexity index is 1180. The van der Waals surface area contributed by atoms with Crippen molar-refractivity contribution in [3.05, 3.63) is 33.2 Å². The van der Waals surface area contributed by atoms with E-state index in [1.807, 2.05) is 0 Å². The van der Waals surface area contributed by atoms with Gasteiger partial charge in [-0.15, -0.1) is 0 Å². The van der Waals surface area contributed by atoms with Gasteiger partial charge in [0.2, 0.25) is 6.29 Å². The largest absolute Gasteiger partial charge is 1.00 e. The number of Topliss-reactive ketones (excluding diaryl/α,β-unsaturated/α-hetero) is 1. The predicted octanol–water partition coefficient (Wildman–Crippen LogP) is -1.97. The van der Waals surface area contributed by atoms with Gasteiger partial charge in [0.15, 0.2) is 11.2 Å². The van der Waals surface area contributed by atoms with Crippen LogP contribution in [0.5, 0.6) is 11.5 Å². The van der Waals surface area contributed by atoms with E-state index in [1.165, 1.54) is 7.11 Å². The van der Waals surface area contributed by atoms with Gasteiger partial charge in [0.05, 0.1) is 18.4 Å². The van der Waals surface area contributed by atoms with E-state index in [9.17, 15) is 22.6 Å². The fraction of sp³-hybridized carbons (Fsp3) is 0.412. The van der Waals surface area contributed by atoms with Gasteiger partial charge in [0.1, 0.15) is 32.8 Å². The average molecular weight is 416 g/mol. The van der Waals surface area contributed by atoms with Crippen molar-refractivity contribution in [2.24, 2.45) is 0 Å². The van der Waals surface area contributed by atoms with E-state index in [2.05, 4.69) is 0 Å². The van der Waals surface area contributed by atoms with Gasteiger partial charge in [0, 0.05) is 24.5 Å². The molecule has 11 heteroatoms. The summed E-state index contributed by atoms with van der Waals surface area (Å²) in [5.74, 6) is -0.144. The molecule has 1 aliphatic carbocycles. The van der Waals surface area contributed by atoms with Crippen LogP contribution in [-0.4, -0.2) is 37.6 Å². The van der Waals surface area contributed by atoms with E-state index in [0.29, 0.717) is 34.4 Å². The van der Waals surface area contributed by atoms with Crippen LogP contribution in [0, 0.1) is 0 Å². The van der Waals surface area contributed by atoms with Crippen LogP contribution in [0.25, 0.3) is 11.0 Å². The van der Waals surface area contributed by atoms with Gasteiger partial charge in [-0.05, 0) is 12.0 Å². The van der Waals surface area contributed by atoms with Crippen LogP contribution in [0.4, 0.5) is 0 Å². The molecule has 1 aromatic carbocycles. The summed E-state index contributed by atoms with van der Waals surface area (Å²) >= 11 is 0. The first-order valence-electron chi connectivity index (χ1n) is 8.30. The Morgan fingerprint density at radius 2 is 2.00 bits per heavy atom.